The molecule has 1 aliphatic rings. The summed E-state index contributed by atoms with van der Waals surface area (Å²) in [6, 6.07) is 0. The van der Waals surface area contributed by atoms with Gasteiger partial charge in [-0.25, -0.2) is 4.79 Å². The van der Waals surface area contributed by atoms with Crippen LogP contribution in [0.2, 0.25) is 0 Å². The molecule has 1 amide bonds. The van der Waals surface area contributed by atoms with Gasteiger partial charge in [-0.15, -0.1) is 0 Å². The quantitative estimate of drug-likeness (QED) is 0.643. The molecule has 0 spiro atoms. The lowest BCUT2D eigenvalue weighted by atomic mass is 9.91. The van der Waals surface area contributed by atoms with Gasteiger partial charge in [0.1, 0.15) is 5.60 Å². The van der Waals surface area contributed by atoms with Crippen molar-refractivity contribution in [2.45, 2.75) is 65.5 Å². The minimum atomic E-state index is -0.463. The van der Waals surface area contributed by atoms with Crippen LogP contribution in [0.3, 0.4) is 0 Å². The van der Waals surface area contributed by atoms with Gasteiger partial charge in [0.15, 0.2) is 0 Å². The van der Waals surface area contributed by atoms with Crippen LogP contribution in [0.15, 0.2) is 0 Å². The van der Waals surface area contributed by atoms with Gasteiger partial charge in [0.05, 0.1) is 0 Å². The van der Waals surface area contributed by atoms with Crippen molar-refractivity contribution in [1.29, 1.82) is 0 Å². The molecule has 2 atom stereocenters. The molecule has 1 aliphatic carbocycles. The van der Waals surface area contributed by atoms with Crippen molar-refractivity contribution in [1.82, 2.24) is 10.6 Å². The van der Waals surface area contributed by atoms with E-state index in [9.17, 15) is 4.79 Å². The number of hydrogen-bond donors (Lipinski definition) is 3. The summed E-state index contributed by atoms with van der Waals surface area (Å²) in [5.41, 5.74) is 5.31. The van der Waals surface area contributed by atoms with Crippen molar-refractivity contribution in [3.8, 4) is 0 Å². The number of ether oxygens (including phenoxy) is 1. The molecule has 1 rings (SSSR count). The molecule has 0 radical (unpaired) electrons. The van der Waals surface area contributed by atoms with E-state index in [0.717, 1.165) is 6.54 Å². The zero-order valence-corrected chi connectivity index (χ0v) is 15.2. The van der Waals surface area contributed by atoms with Gasteiger partial charge in [0.2, 0.25) is 0 Å². The van der Waals surface area contributed by atoms with Crippen molar-refractivity contribution < 1.29 is 9.53 Å². The molecule has 0 saturated heterocycles. The van der Waals surface area contributed by atoms with E-state index in [1.807, 2.05) is 20.8 Å². The Hall–Kier alpha value is -0.810. The number of hydrogen-bond acceptors (Lipinski definition) is 4. The average Bonchev–Trinajstić information content (AvgIpc) is 3.19. The van der Waals surface area contributed by atoms with E-state index >= 15 is 0 Å². The Morgan fingerprint density at radius 3 is 2.27 bits per heavy atom. The molecular weight excluding hydrogens is 278 g/mol. The van der Waals surface area contributed by atoms with Gasteiger partial charge in [-0.2, -0.15) is 0 Å². The van der Waals surface area contributed by atoms with Gasteiger partial charge in [0, 0.05) is 12.1 Å². The Balaban J connectivity index is 2.51. The van der Waals surface area contributed by atoms with Crippen molar-refractivity contribution in [3.63, 3.8) is 0 Å². The Bertz CT molecular complexity index is 361. The van der Waals surface area contributed by atoms with Crippen LogP contribution in [0, 0.1) is 17.8 Å². The molecule has 0 heterocycles. The normalized spacial score (nSPS) is 19.6. The Morgan fingerprint density at radius 1 is 1.27 bits per heavy atom. The summed E-state index contributed by atoms with van der Waals surface area (Å²) in [4.78, 5) is 11.9. The molecule has 22 heavy (non-hydrogen) atoms. The van der Waals surface area contributed by atoms with Gasteiger partial charge in [-0.1, -0.05) is 13.8 Å². The van der Waals surface area contributed by atoms with Crippen LogP contribution in [0.4, 0.5) is 4.79 Å². The highest BCUT2D eigenvalue weighted by Gasteiger charge is 2.41. The summed E-state index contributed by atoms with van der Waals surface area (Å²) in [6.07, 6.45) is 2.09. The van der Waals surface area contributed by atoms with Gasteiger partial charge in [0.25, 0.3) is 0 Å². The Morgan fingerprint density at radius 2 is 1.86 bits per heavy atom. The number of amides is 1. The molecule has 0 aromatic heterocycles. The third-order valence-corrected chi connectivity index (χ3v) is 4.49. The molecule has 130 valence electrons. The average molecular weight is 313 g/mol. The highest BCUT2D eigenvalue weighted by molar-refractivity contribution is 5.67. The van der Waals surface area contributed by atoms with Crippen molar-refractivity contribution >= 4 is 6.09 Å². The largest absolute Gasteiger partial charge is 0.444 e. The number of nitrogens with one attached hydrogen (secondary N) is 2. The molecule has 0 aliphatic heterocycles. The highest BCUT2D eigenvalue weighted by atomic mass is 16.6. The highest BCUT2D eigenvalue weighted by Crippen LogP contribution is 2.39. The van der Waals surface area contributed by atoms with E-state index in [-0.39, 0.29) is 11.6 Å². The lowest BCUT2D eigenvalue weighted by molar-refractivity contribution is 0.0506. The molecule has 5 nitrogen and oxygen atoms in total. The van der Waals surface area contributed by atoms with E-state index < -0.39 is 5.60 Å². The van der Waals surface area contributed by atoms with E-state index in [0.29, 0.717) is 30.8 Å². The maximum absolute atomic E-state index is 11.9. The summed E-state index contributed by atoms with van der Waals surface area (Å²) in [5.74, 6) is 1.63. The van der Waals surface area contributed by atoms with E-state index in [4.69, 9.17) is 10.5 Å². The SMILES string of the molecule is CC(C)C(CN)CNC(C)(CNC(=O)OC(C)(C)C)C1CC1. The van der Waals surface area contributed by atoms with Crippen LogP contribution < -0.4 is 16.4 Å². The number of carbonyl (C=O) groups excluding carboxylic acids is 1. The minimum absolute atomic E-state index is 0.0841. The zero-order chi connectivity index (χ0) is 17.0. The van der Waals surface area contributed by atoms with Crippen LogP contribution in [-0.2, 0) is 4.74 Å². The molecule has 0 aromatic rings. The number of alkyl carbamates (subject to hydrolysis) is 1. The first-order valence-electron chi connectivity index (χ1n) is 8.49. The Kier molecular flexibility index (Phi) is 6.68. The fraction of sp³-hybridized carbons (Fsp3) is 0.941. The van der Waals surface area contributed by atoms with Crippen LogP contribution in [0.25, 0.3) is 0 Å². The first-order chi connectivity index (χ1) is 10.1. The lowest BCUT2D eigenvalue weighted by Gasteiger charge is -2.34. The van der Waals surface area contributed by atoms with Crippen LogP contribution in [0.5, 0.6) is 0 Å². The predicted octanol–water partition coefficient (Wildman–Crippen LogP) is 2.50. The van der Waals surface area contributed by atoms with Crippen molar-refractivity contribution in [2.75, 3.05) is 19.6 Å². The molecule has 2 unspecified atom stereocenters. The van der Waals surface area contributed by atoms with E-state index in [1.165, 1.54) is 12.8 Å². The first-order valence-corrected chi connectivity index (χ1v) is 8.49. The summed E-state index contributed by atoms with van der Waals surface area (Å²) >= 11 is 0. The van der Waals surface area contributed by atoms with Crippen molar-refractivity contribution in [2.24, 2.45) is 23.5 Å². The zero-order valence-electron chi connectivity index (χ0n) is 15.2. The topological polar surface area (TPSA) is 76.4 Å². The second-order valence-electron chi connectivity index (χ2n) is 8.17. The summed E-state index contributed by atoms with van der Waals surface area (Å²) in [6.45, 7) is 14.4. The van der Waals surface area contributed by atoms with Gasteiger partial charge < -0.3 is 21.1 Å². The smallest absolute Gasteiger partial charge is 0.407 e. The second kappa shape index (κ2) is 7.64. The van der Waals surface area contributed by atoms with Crippen LogP contribution in [-0.4, -0.2) is 36.9 Å². The molecule has 1 fully saturated rings. The number of carbonyl (C=O) groups is 1. The van der Waals surface area contributed by atoms with E-state index in [1.54, 1.807) is 0 Å². The number of nitrogens with two attached hydrogens (primary N) is 1. The maximum atomic E-state index is 11.9. The van der Waals surface area contributed by atoms with Crippen LogP contribution in [0.1, 0.15) is 54.4 Å². The van der Waals surface area contributed by atoms with Crippen LogP contribution >= 0.6 is 0 Å². The molecule has 4 N–H and O–H groups in total. The lowest BCUT2D eigenvalue weighted by Crippen LogP contribution is -2.55. The summed E-state index contributed by atoms with van der Waals surface area (Å²) in [5, 5.41) is 6.58. The minimum Gasteiger partial charge on any atom is -0.444 e. The van der Waals surface area contributed by atoms with Gasteiger partial charge >= 0.3 is 6.09 Å². The van der Waals surface area contributed by atoms with E-state index in [2.05, 4.69) is 31.4 Å². The molecule has 0 aromatic carbocycles. The second-order valence-corrected chi connectivity index (χ2v) is 8.17. The maximum Gasteiger partial charge on any atom is 0.407 e. The van der Waals surface area contributed by atoms with Gasteiger partial charge in [-0.05, 0) is 71.4 Å². The fourth-order valence-corrected chi connectivity index (χ4v) is 2.60. The predicted molar refractivity (Wildman–Crippen MR) is 90.8 cm³/mol. The molecular formula is C17H35N3O2. The third-order valence-electron chi connectivity index (χ3n) is 4.49. The molecule has 0 bridgehead atoms. The fourth-order valence-electron chi connectivity index (χ4n) is 2.60. The molecule has 5 heteroatoms. The van der Waals surface area contributed by atoms with Gasteiger partial charge in [-0.3, -0.25) is 0 Å². The van der Waals surface area contributed by atoms with Crippen molar-refractivity contribution in [3.05, 3.63) is 0 Å². The summed E-state index contributed by atoms with van der Waals surface area (Å²) < 4.78 is 5.32. The standard InChI is InChI=1S/C17H35N3O2/c1-12(2)13(9-18)10-20-17(6,14-7-8-14)11-19-15(21)22-16(3,4)5/h12-14,20H,7-11,18H2,1-6H3,(H,19,21). The number of rotatable bonds is 8. The third kappa shape index (κ3) is 6.53. The Labute approximate surface area is 135 Å². The molecule has 1 saturated carbocycles. The monoisotopic (exact) mass is 313 g/mol. The first kappa shape index (κ1) is 19.2. The summed E-state index contributed by atoms with van der Waals surface area (Å²) in [7, 11) is 0.